The molecule has 0 spiro atoms. The number of aromatic nitrogens is 2. The van der Waals surface area contributed by atoms with Gasteiger partial charge in [0.25, 0.3) is 0 Å². The van der Waals surface area contributed by atoms with E-state index in [1.807, 2.05) is 36.4 Å². The topological polar surface area (TPSA) is 132 Å². The van der Waals surface area contributed by atoms with Crippen molar-refractivity contribution in [2.45, 2.75) is 31.8 Å². The van der Waals surface area contributed by atoms with E-state index in [-0.39, 0.29) is 18.4 Å². The summed E-state index contributed by atoms with van der Waals surface area (Å²) in [5.41, 5.74) is 1.86. The largest absolute Gasteiger partial charge is 0.445 e. The summed E-state index contributed by atoms with van der Waals surface area (Å²) in [5.74, 6) is 1.99. The van der Waals surface area contributed by atoms with E-state index in [2.05, 4.69) is 14.2 Å². The van der Waals surface area contributed by atoms with Crippen molar-refractivity contribution in [3.63, 3.8) is 0 Å². The number of hydrogen-bond donors (Lipinski definition) is 2. The Balaban J connectivity index is 1.60. The number of anilines is 2. The van der Waals surface area contributed by atoms with E-state index in [0.29, 0.717) is 18.7 Å². The van der Waals surface area contributed by atoms with Gasteiger partial charge in [-0.3, -0.25) is 9.08 Å². The zero-order valence-electron chi connectivity index (χ0n) is 16.0. The van der Waals surface area contributed by atoms with Gasteiger partial charge in [-0.25, -0.2) is 15.1 Å². The Morgan fingerprint density at radius 3 is 2.86 bits per heavy atom. The lowest BCUT2D eigenvalue weighted by Crippen LogP contribution is -2.24. The summed E-state index contributed by atoms with van der Waals surface area (Å²) >= 11 is 1.54. The van der Waals surface area contributed by atoms with Crippen LogP contribution in [0.5, 0.6) is 0 Å². The van der Waals surface area contributed by atoms with Crippen LogP contribution in [0.2, 0.25) is 0 Å². The number of fused-ring (bicyclic) bond motifs is 1. The van der Waals surface area contributed by atoms with Crippen LogP contribution in [0, 0.1) is 12.8 Å². The van der Waals surface area contributed by atoms with Crippen LogP contribution >= 0.6 is 11.3 Å². The Hall–Kier alpha value is -2.05. The van der Waals surface area contributed by atoms with Crippen LogP contribution in [-0.2, 0) is 14.5 Å². The predicted molar refractivity (Wildman–Crippen MR) is 109 cm³/mol. The third-order valence-electron chi connectivity index (χ3n) is 5.28. The van der Waals surface area contributed by atoms with Crippen molar-refractivity contribution in [2.24, 2.45) is 11.1 Å². The number of rotatable bonds is 6. The molecule has 3 aromatic heterocycles. The van der Waals surface area contributed by atoms with Gasteiger partial charge in [0.05, 0.1) is 22.9 Å². The van der Waals surface area contributed by atoms with Gasteiger partial charge < -0.3 is 9.52 Å². The van der Waals surface area contributed by atoms with Gasteiger partial charge >= 0.3 is 10.3 Å². The van der Waals surface area contributed by atoms with Crippen molar-refractivity contribution in [1.82, 2.24) is 9.97 Å². The molecule has 29 heavy (non-hydrogen) atoms. The zero-order chi connectivity index (χ0) is 20.8. The van der Waals surface area contributed by atoms with Crippen LogP contribution in [-0.4, -0.2) is 43.3 Å². The van der Waals surface area contributed by atoms with Crippen LogP contribution in [0.25, 0.3) is 10.2 Å². The van der Waals surface area contributed by atoms with Crippen molar-refractivity contribution >= 4 is 43.6 Å². The van der Waals surface area contributed by atoms with Crippen LogP contribution in [0.4, 0.5) is 11.7 Å². The number of hydrogen-bond acceptors (Lipinski definition) is 9. The summed E-state index contributed by atoms with van der Waals surface area (Å²) in [4.78, 5) is 10.8. The van der Waals surface area contributed by atoms with E-state index in [9.17, 15) is 13.5 Å². The standard InChI is InChI=1S/C18H22N4O5S2/c1-10-3-4-15(27-10)22(2)18-17-16(20-9-21-18)13(8-28-17)11-5-12(14(23)6-11)7-26-29(19,24)25/h3-4,8-9,11-12,14,23H,5-7H2,1-2H3,(H2,19,24,25). The first-order chi connectivity index (χ1) is 13.7. The molecule has 11 heteroatoms. The summed E-state index contributed by atoms with van der Waals surface area (Å²) < 4.78 is 33.4. The molecule has 1 aliphatic carbocycles. The number of aliphatic hydroxyl groups excluding tert-OH is 1. The Morgan fingerprint density at radius 2 is 2.17 bits per heavy atom. The number of thiophene rings is 1. The average molecular weight is 439 g/mol. The molecular formula is C18H22N4O5S2. The number of nitrogens with two attached hydrogens (primary N) is 1. The molecule has 1 aliphatic rings. The maximum atomic E-state index is 11.0. The lowest BCUT2D eigenvalue weighted by Gasteiger charge is -2.15. The average Bonchev–Trinajstić information content (AvgIpc) is 3.36. The van der Waals surface area contributed by atoms with Gasteiger partial charge in [0, 0.05) is 19.0 Å². The Bertz CT molecular complexity index is 1130. The summed E-state index contributed by atoms with van der Waals surface area (Å²) in [7, 11) is -2.14. The molecule has 0 radical (unpaired) electrons. The molecule has 3 unspecified atom stereocenters. The van der Waals surface area contributed by atoms with Gasteiger partial charge in [-0.1, -0.05) is 0 Å². The number of furan rings is 1. The van der Waals surface area contributed by atoms with Crippen LogP contribution in [0.15, 0.2) is 28.3 Å². The van der Waals surface area contributed by atoms with E-state index < -0.39 is 16.4 Å². The molecule has 0 bridgehead atoms. The molecule has 3 atom stereocenters. The summed E-state index contributed by atoms with van der Waals surface area (Å²) in [6.45, 7) is 1.76. The SMILES string of the molecule is Cc1ccc(N(C)c2ncnc3c(C4CC(O)C(COS(N)(=O)=O)C4)csc23)o1. The number of nitrogens with zero attached hydrogens (tertiary/aromatic N) is 3. The van der Waals surface area contributed by atoms with E-state index >= 15 is 0 Å². The maximum Gasteiger partial charge on any atom is 0.333 e. The first-order valence-corrected chi connectivity index (χ1v) is 11.5. The zero-order valence-corrected chi connectivity index (χ0v) is 17.6. The first-order valence-electron chi connectivity index (χ1n) is 9.10. The van der Waals surface area contributed by atoms with Gasteiger partial charge in [-0.2, -0.15) is 8.42 Å². The van der Waals surface area contributed by atoms with E-state index in [1.165, 1.54) is 6.33 Å². The van der Waals surface area contributed by atoms with E-state index in [0.717, 1.165) is 27.4 Å². The molecule has 3 heterocycles. The number of aliphatic hydroxyl groups is 1. The minimum atomic E-state index is -4.02. The van der Waals surface area contributed by atoms with Gasteiger partial charge in [-0.15, -0.1) is 11.3 Å². The fourth-order valence-corrected chi connectivity index (χ4v) is 5.30. The first kappa shape index (κ1) is 20.2. The van der Waals surface area contributed by atoms with Crippen LogP contribution in [0.3, 0.4) is 0 Å². The molecule has 0 aliphatic heterocycles. The van der Waals surface area contributed by atoms with E-state index in [1.54, 1.807) is 11.3 Å². The van der Waals surface area contributed by atoms with Crippen molar-refractivity contribution < 1.29 is 22.1 Å². The second kappa shape index (κ2) is 7.65. The van der Waals surface area contributed by atoms with Crippen molar-refractivity contribution in [1.29, 1.82) is 0 Å². The highest BCUT2D eigenvalue weighted by atomic mass is 32.2. The summed E-state index contributed by atoms with van der Waals surface area (Å²) in [6, 6.07) is 3.79. The third-order valence-corrected chi connectivity index (χ3v) is 6.73. The van der Waals surface area contributed by atoms with Gasteiger partial charge in [0.2, 0.25) is 5.88 Å². The normalized spacial score (nSPS) is 22.4. The minimum Gasteiger partial charge on any atom is -0.445 e. The molecule has 3 aromatic rings. The molecule has 156 valence electrons. The quantitative estimate of drug-likeness (QED) is 0.600. The van der Waals surface area contributed by atoms with Gasteiger partial charge in [-0.05, 0) is 42.7 Å². The molecule has 4 rings (SSSR count). The lowest BCUT2D eigenvalue weighted by atomic mass is 9.98. The fourth-order valence-electron chi connectivity index (χ4n) is 3.81. The summed E-state index contributed by atoms with van der Waals surface area (Å²) in [5, 5.41) is 17.3. The number of aryl methyl sites for hydroxylation is 1. The molecule has 9 nitrogen and oxygen atoms in total. The molecular weight excluding hydrogens is 416 g/mol. The van der Waals surface area contributed by atoms with Crippen LogP contribution in [0.1, 0.15) is 30.1 Å². The lowest BCUT2D eigenvalue weighted by molar-refractivity contribution is 0.101. The Morgan fingerprint density at radius 1 is 1.38 bits per heavy atom. The third kappa shape index (κ3) is 4.14. The van der Waals surface area contributed by atoms with Crippen molar-refractivity contribution in [3.05, 3.63) is 35.2 Å². The Kier molecular flexibility index (Phi) is 5.34. The Labute approximate surface area is 172 Å². The minimum absolute atomic E-state index is 0.0479. The molecule has 1 fully saturated rings. The van der Waals surface area contributed by atoms with Gasteiger partial charge in [0.1, 0.15) is 12.1 Å². The summed E-state index contributed by atoms with van der Waals surface area (Å²) in [6.07, 6.45) is 1.96. The molecule has 0 amide bonds. The van der Waals surface area contributed by atoms with Crippen LogP contribution < -0.4 is 10.0 Å². The highest BCUT2D eigenvalue weighted by Crippen LogP contribution is 2.44. The van der Waals surface area contributed by atoms with Crippen molar-refractivity contribution in [3.8, 4) is 0 Å². The molecule has 3 N–H and O–H groups in total. The second-order valence-corrected chi connectivity index (χ2v) is 9.38. The molecule has 0 saturated heterocycles. The molecule has 0 aromatic carbocycles. The monoisotopic (exact) mass is 438 g/mol. The van der Waals surface area contributed by atoms with E-state index in [4.69, 9.17) is 9.56 Å². The maximum absolute atomic E-state index is 11.0. The predicted octanol–water partition coefficient (Wildman–Crippen LogP) is 2.44. The smallest absolute Gasteiger partial charge is 0.333 e. The highest BCUT2D eigenvalue weighted by Gasteiger charge is 2.36. The highest BCUT2D eigenvalue weighted by molar-refractivity contribution is 7.84. The van der Waals surface area contributed by atoms with Gasteiger partial charge in [0.15, 0.2) is 5.82 Å². The fraction of sp³-hybridized carbons (Fsp3) is 0.444. The second-order valence-electron chi connectivity index (χ2n) is 7.28. The molecule has 1 saturated carbocycles. The van der Waals surface area contributed by atoms with Crippen molar-refractivity contribution in [2.75, 3.05) is 18.6 Å².